The molecule has 1 unspecified atom stereocenters. The zero-order valence-electron chi connectivity index (χ0n) is 17.9. The maximum atomic E-state index is 13.2. The summed E-state index contributed by atoms with van der Waals surface area (Å²) in [5.74, 6) is 1.96. The molecule has 0 bridgehead atoms. The molecular formula is C23H36N2O3. The number of hydrogen-bond donors (Lipinski definition) is 1. The minimum atomic E-state index is -0.173. The van der Waals surface area contributed by atoms with Crippen LogP contribution >= 0.6 is 0 Å². The van der Waals surface area contributed by atoms with Crippen LogP contribution in [0.25, 0.3) is 0 Å². The van der Waals surface area contributed by atoms with E-state index in [9.17, 15) is 14.8 Å². The second kappa shape index (κ2) is 6.86. The molecule has 0 aromatic heterocycles. The molecule has 4 aliphatic rings. The van der Waals surface area contributed by atoms with Gasteiger partial charge >= 0.3 is 0 Å². The number of rotatable bonds is 3. The SMILES string of the molecule is CCN(CC)C(=O)C1CC[C@H]2[C@@H]3CC=C4N(O)C(=O)CC[C@]4(C)[C@@H]3CC[C@]12C. The van der Waals surface area contributed by atoms with Gasteiger partial charge in [0.25, 0.3) is 0 Å². The highest BCUT2D eigenvalue weighted by Crippen LogP contribution is 2.66. The molecule has 4 rings (SSSR count). The molecule has 0 aromatic rings. The smallest absolute Gasteiger partial charge is 0.250 e. The van der Waals surface area contributed by atoms with Crippen molar-refractivity contribution in [3.8, 4) is 0 Å². The van der Waals surface area contributed by atoms with E-state index in [0.29, 0.717) is 30.1 Å². The average molecular weight is 389 g/mol. The molecule has 5 heteroatoms. The van der Waals surface area contributed by atoms with E-state index in [0.717, 1.165) is 62.4 Å². The van der Waals surface area contributed by atoms with Crippen LogP contribution < -0.4 is 0 Å². The van der Waals surface area contributed by atoms with E-state index in [1.54, 1.807) is 0 Å². The van der Waals surface area contributed by atoms with Gasteiger partial charge in [-0.15, -0.1) is 0 Å². The third-order valence-corrected chi connectivity index (χ3v) is 9.12. The molecule has 2 amide bonds. The van der Waals surface area contributed by atoms with Crippen LogP contribution in [0.4, 0.5) is 0 Å². The molecule has 3 aliphatic carbocycles. The molecule has 6 atom stereocenters. The Hall–Kier alpha value is -1.36. The van der Waals surface area contributed by atoms with Crippen LogP contribution in [0.1, 0.15) is 72.6 Å². The van der Waals surface area contributed by atoms with Crippen LogP contribution in [0.15, 0.2) is 11.8 Å². The highest BCUT2D eigenvalue weighted by Gasteiger charge is 2.61. The van der Waals surface area contributed by atoms with Crippen LogP contribution in [0, 0.1) is 34.5 Å². The van der Waals surface area contributed by atoms with Gasteiger partial charge in [-0.1, -0.05) is 19.9 Å². The Bertz CT molecular complexity index is 700. The molecule has 2 saturated carbocycles. The van der Waals surface area contributed by atoms with Gasteiger partial charge < -0.3 is 4.90 Å². The molecule has 1 saturated heterocycles. The van der Waals surface area contributed by atoms with Gasteiger partial charge in [-0.2, -0.15) is 5.06 Å². The zero-order valence-corrected chi connectivity index (χ0v) is 17.9. The largest absolute Gasteiger partial charge is 0.343 e. The van der Waals surface area contributed by atoms with E-state index < -0.39 is 0 Å². The maximum absolute atomic E-state index is 13.2. The highest BCUT2D eigenvalue weighted by atomic mass is 16.5. The summed E-state index contributed by atoms with van der Waals surface area (Å²) < 4.78 is 0. The van der Waals surface area contributed by atoms with Crippen molar-refractivity contribution in [2.45, 2.75) is 72.6 Å². The predicted molar refractivity (Wildman–Crippen MR) is 107 cm³/mol. The number of amides is 2. The standard InChI is InChI=1S/C23H36N2O3/c1-5-24(6-2)21(27)18-9-8-16-15-7-10-19-23(4,14-12-20(26)25(19)28)17(15)11-13-22(16,18)3/h10,15-18,28H,5-9,11-14H2,1-4H3/t15-,16-,17+,18?,22-,23+/m0/s1. The average Bonchev–Trinajstić information content (AvgIpc) is 3.03. The van der Waals surface area contributed by atoms with Crippen molar-refractivity contribution in [2.75, 3.05) is 13.1 Å². The van der Waals surface area contributed by atoms with E-state index in [4.69, 9.17) is 0 Å². The number of carbonyl (C=O) groups excluding carboxylic acids is 2. The quantitative estimate of drug-likeness (QED) is 0.737. The molecule has 3 fully saturated rings. The normalized spacial score (nSPS) is 42.4. The van der Waals surface area contributed by atoms with Gasteiger partial charge in [-0.25, -0.2) is 0 Å². The van der Waals surface area contributed by atoms with Crippen LogP contribution in [-0.4, -0.2) is 40.1 Å². The lowest BCUT2D eigenvalue weighted by atomic mass is 9.49. The lowest BCUT2D eigenvalue weighted by Crippen LogP contribution is -2.54. The summed E-state index contributed by atoms with van der Waals surface area (Å²) in [6.45, 7) is 10.4. The number of carbonyl (C=O) groups is 2. The maximum Gasteiger partial charge on any atom is 0.250 e. The van der Waals surface area contributed by atoms with Gasteiger partial charge in [0.15, 0.2) is 0 Å². The summed E-state index contributed by atoms with van der Waals surface area (Å²) in [6.07, 6.45) is 8.64. The van der Waals surface area contributed by atoms with Gasteiger partial charge in [0.05, 0.1) is 5.70 Å². The zero-order chi connectivity index (χ0) is 20.3. The van der Waals surface area contributed by atoms with E-state index >= 15 is 0 Å². The van der Waals surface area contributed by atoms with E-state index in [2.05, 4.69) is 33.8 Å². The molecule has 0 radical (unpaired) electrons. The van der Waals surface area contributed by atoms with Crippen LogP contribution in [0.3, 0.4) is 0 Å². The first-order valence-electron chi connectivity index (χ1n) is 11.3. The third-order valence-electron chi connectivity index (χ3n) is 9.12. The van der Waals surface area contributed by atoms with Crippen molar-refractivity contribution in [3.63, 3.8) is 0 Å². The Morgan fingerprint density at radius 2 is 1.89 bits per heavy atom. The molecule has 0 spiro atoms. The lowest BCUT2D eigenvalue weighted by molar-refractivity contribution is -0.174. The molecule has 156 valence electrons. The summed E-state index contributed by atoms with van der Waals surface area (Å²) in [4.78, 5) is 27.3. The number of hydrogen-bond acceptors (Lipinski definition) is 3. The van der Waals surface area contributed by atoms with Gasteiger partial charge in [0.2, 0.25) is 11.8 Å². The number of fused-ring (bicyclic) bond motifs is 5. The number of nitrogens with zero attached hydrogens (tertiary/aromatic N) is 2. The Labute approximate surface area is 169 Å². The highest BCUT2D eigenvalue weighted by molar-refractivity contribution is 5.80. The monoisotopic (exact) mass is 388 g/mol. The summed E-state index contributed by atoms with van der Waals surface area (Å²) in [5.41, 5.74) is 0.808. The molecule has 1 N–H and O–H groups in total. The third kappa shape index (κ3) is 2.61. The Morgan fingerprint density at radius 3 is 2.57 bits per heavy atom. The fourth-order valence-corrected chi connectivity index (χ4v) is 7.49. The number of hydroxylamine groups is 2. The molecule has 0 aromatic carbocycles. The molecule has 1 heterocycles. The van der Waals surface area contributed by atoms with Crippen molar-refractivity contribution < 1.29 is 14.8 Å². The van der Waals surface area contributed by atoms with Crippen LogP contribution in [-0.2, 0) is 9.59 Å². The molecule has 5 nitrogen and oxygen atoms in total. The van der Waals surface area contributed by atoms with Gasteiger partial charge in [-0.05, 0) is 75.5 Å². The van der Waals surface area contributed by atoms with E-state index in [1.165, 1.54) is 0 Å². The van der Waals surface area contributed by atoms with Gasteiger partial charge in [-0.3, -0.25) is 14.8 Å². The van der Waals surface area contributed by atoms with Crippen molar-refractivity contribution in [3.05, 3.63) is 11.8 Å². The lowest BCUT2D eigenvalue weighted by Gasteiger charge is -2.57. The van der Waals surface area contributed by atoms with Crippen molar-refractivity contribution in [2.24, 2.45) is 34.5 Å². The molecule has 28 heavy (non-hydrogen) atoms. The van der Waals surface area contributed by atoms with Crippen molar-refractivity contribution in [1.29, 1.82) is 0 Å². The summed E-state index contributed by atoms with van der Waals surface area (Å²) in [7, 11) is 0. The fraction of sp³-hybridized carbons (Fsp3) is 0.826. The summed E-state index contributed by atoms with van der Waals surface area (Å²) in [6, 6.07) is 0. The summed E-state index contributed by atoms with van der Waals surface area (Å²) >= 11 is 0. The predicted octanol–water partition coefficient (Wildman–Crippen LogP) is 4.22. The van der Waals surface area contributed by atoms with E-state index in [1.807, 2.05) is 4.90 Å². The Morgan fingerprint density at radius 1 is 1.18 bits per heavy atom. The van der Waals surface area contributed by atoms with Gasteiger partial charge in [0.1, 0.15) is 0 Å². The summed E-state index contributed by atoms with van der Waals surface area (Å²) in [5, 5.41) is 11.3. The van der Waals surface area contributed by atoms with Crippen molar-refractivity contribution >= 4 is 11.8 Å². The minimum absolute atomic E-state index is 0.0892. The van der Waals surface area contributed by atoms with Crippen molar-refractivity contribution in [1.82, 2.24) is 9.96 Å². The first kappa shape index (κ1) is 19.9. The topological polar surface area (TPSA) is 60.9 Å². The second-order valence-electron chi connectivity index (χ2n) is 10.0. The second-order valence-corrected chi connectivity index (χ2v) is 10.0. The fourth-order valence-electron chi connectivity index (χ4n) is 7.49. The molecule has 1 aliphatic heterocycles. The first-order valence-corrected chi connectivity index (χ1v) is 11.3. The Kier molecular flexibility index (Phi) is 4.88. The first-order chi connectivity index (χ1) is 13.3. The molecular weight excluding hydrogens is 352 g/mol. The van der Waals surface area contributed by atoms with Gasteiger partial charge in [0, 0.05) is 30.8 Å². The number of piperidine rings is 1. The van der Waals surface area contributed by atoms with E-state index in [-0.39, 0.29) is 22.7 Å². The minimum Gasteiger partial charge on any atom is -0.343 e. The Balaban J connectivity index is 1.62. The number of allylic oxidation sites excluding steroid dienone is 2. The van der Waals surface area contributed by atoms with Crippen LogP contribution in [0.2, 0.25) is 0 Å². The van der Waals surface area contributed by atoms with Crippen LogP contribution in [0.5, 0.6) is 0 Å².